The SMILES string of the molecule is C=CC1=C(C=C)C(C)(C)C(/C=C/C(/C=C\C(C)N(C)CCC)=C/CC)=[N+]1CCCCC(=O)O. The first kappa shape index (κ1) is 28.6. The standard InChI is InChI=1S/C29H44N2O2/c1-9-15-24(18-17-23(5)30(8)21-10-2)19-20-27-29(6,7)25(11-3)26(12-4)31(27)22-14-13-16-28(32)33/h11-12,15,17-20,23H,3-4,9-10,13-14,16,21-22H2,1-2,5-8H3/p+1/b18-17-,20-19+,24-15+. The second kappa shape index (κ2) is 13.9. The van der Waals surface area contributed by atoms with Gasteiger partial charge in [-0.15, -0.1) is 0 Å². The van der Waals surface area contributed by atoms with E-state index in [-0.39, 0.29) is 11.8 Å². The van der Waals surface area contributed by atoms with Crippen molar-refractivity contribution in [2.75, 3.05) is 20.1 Å². The highest BCUT2D eigenvalue weighted by Crippen LogP contribution is 2.38. The summed E-state index contributed by atoms with van der Waals surface area (Å²) in [5, 5.41) is 8.98. The lowest BCUT2D eigenvalue weighted by Crippen LogP contribution is -2.27. The number of unbranched alkanes of at least 4 members (excludes halogenated alkanes) is 1. The number of carboxylic acids is 1. The zero-order valence-corrected chi connectivity index (χ0v) is 21.7. The summed E-state index contributed by atoms with van der Waals surface area (Å²) in [5.41, 5.74) is 4.40. The molecule has 1 rings (SSSR count). The molecule has 0 radical (unpaired) electrons. The smallest absolute Gasteiger partial charge is 0.303 e. The molecule has 1 unspecified atom stereocenters. The summed E-state index contributed by atoms with van der Waals surface area (Å²) in [7, 11) is 2.16. The van der Waals surface area contributed by atoms with E-state index >= 15 is 0 Å². The second-order valence-electron chi connectivity index (χ2n) is 9.25. The zero-order valence-electron chi connectivity index (χ0n) is 21.7. The van der Waals surface area contributed by atoms with Crippen molar-refractivity contribution in [2.45, 2.75) is 72.8 Å². The molecular weight excluding hydrogens is 408 g/mol. The van der Waals surface area contributed by atoms with Gasteiger partial charge >= 0.3 is 5.97 Å². The number of allylic oxidation sites excluding steroid dienone is 8. The Labute approximate surface area is 202 Å². The molecule has 1 N–H and O–H groups in total. The van der Waals surface area contributed by atoms with E-state index in [1.165, 1.54) is 11.3 Å². The largest absolute Gasteiger partial charge is 0.481 e. The average molecular weight is 454 g/mol. The summed E-state index contributed by atoms with van der Waals surface area (Å²) in [6, 6.07) is 0.376. The van der Waals surface area contributed by atoms with Gasteiger partial charge in [-0.1, -0.05) is 51.3 Å². The van der Waals surface area contributed by atoms with Crippen LogP contribution < -0.4 is 0 Å². The van der Waals surface area contributed by atoms with Gasteiger partial charge in [0, 0.05) is 36.6 Å². The first-order valence-electron chi connectivity index (χ1n) is 12.3. The Morgan fingerprint density at radius 3 is 2.42 bits per heavy atom. The molecule has 4 heteroatoms. The summed E-state index contributed by atoms with van der Waals surface area (Å²) < 4.78 is 2.29. The van der Waals surface area contributed by atoms with Gasteiger partial charge in [0.2, 0.25) is 5.70 Å². The maximum Gasteiger partial charge on any atom is 0.303 e. The molecule has 0 aromatic carbocycles. The number of nitrogens with zero attached hydrogens (tertiary/aromatic N) is 2. The van der Waals surface area contributed by atoms with E-state index in [1.54, 1.807) is 0 Å². The van der Waals surface area contributed by atoms with Crippen LogP contribution in [-0.4, -0.2) is 52.4 Å². The van der Waals surface area contributed by atoms with E-state index < -0.39 is 5.97 Å². The maximum atomic E-state index is 10.9. The van der Waals surface area contributed by atoms with Crippen molar-refractivity contribution in [1.29, 1.82) is 0 Å². The number of rotatable bonds is 15. The minimum absolute atomic E-state index is 0.197. The third kappa shape index (κ3) is 8.12. The van der Waals surface area contributed by atoms with Crippen LogP contribution in [0, 0.1) is 5.41 Å². The van der Waals surface area contributed by atoms with Crippen molar-refractivity contribution in [3.05, 3.63) is 72.5 Å². The van der Waals surface area contributed by atoms with Gasteiger partial charge < -0.3 is 10.0 Å². The van der Waals surface area contributed by atoms with Crippen molar-refractivity contribution < 1.29 is 14.5 Å². The molecule has 0 aliphatic carbocycles. The van der Waals surface area contributed by atoms with Crippen LogP contribution in [0.15, 0.2) is 72.5 Å². The van der Waals surface area contributed by atoms with Gasteiger partial charge in [-0.25, -0.2) is 0 Å². The lowest BCUT2D eigenvalue weighted by Gasteiger charge is -2.21. The Morgan fingerprint density at radius 2 is 1.88 bits per heavy atom. The summed E-state index contributed by atoms with van der Waals surface area (Å²) in [5.74, 6) is -0.743. The van der Waals surface area contributed by atoms with Crippen LogP contribution in [0.1, 0.15) is 66.7 Å². The number of carbonyl (C=O) groups is 1. The van der Waals surface area contributed by atoms with Crippen LogP contribution >= 0.6 is 0 Å². The predicted molar refractivity (Wildman–Crippen MR) is 142 cm³/mol. The van der Waals surface area contributed by atoms with Crippen LogP contribution in [-0.2, 0) is 4.79 Å². The van der Waals surface area contributed by atoms with E-state index in [0.717, 1.165) is 43.6 Å². The highest BCUT2D eigenvalue weighted by molar-refractivity contribution is 6.00. The van der Waals surface area contributed by atoms with Gasteiger partial charge in [-0.05, 0) is 65.3 Å². The van der Waals surface area contributed by atoms with E-state index in [0.29, 0.717) is 12.5 Å². The minimum atomic E-state index is -0.743. The van der Waals surface area contributed by atoms with Gasteiger partial charge in [0.15, 0.2) is 5.71 Å². The lowest BCUT2D eigenvalue weighted by molar-refractivity contribution is -0.470. The Bertz CT molecular complexity index is 853. The number of aliphatic carboxylic acids is 1. The second-order valence-corrected chi connectivity index (χ2v) is 9.25. The summed E-state index contributed by atoms with van der Waals surface area (Å²) in [4.78, 5) is 13.3. The molecule has 0 aromatic rings. The molecule has 0 aromatic heterocycles. The molecule has 1 aliphatic heterocycles. The van der Waals surface area contributed by atoms with Crippen molar-refractivity contribution in [3.63, 3.8) is 0 Å². The van der Waals surface area contributed by atoms with Gasteiger partial charge in [0.1, 0.15) is 6.54 Å². The molecule has 0 bridgehead atoms. The maximum absolute atomic E-state index is 10.9. The third-order valence-electron chi connectivity index (χ3n) is 6.30. The van der Waals surface area contributed by atoms with E-state index in [2.05, 4.69) is 94.7 Å². The average Bonchev–Trinajstić information content (AvgIpc) is 2.97. The van der Waals surface area contributed by atoms with Gasteiger partial charge in [0.05, 0.1) is 5.41 Å². The Morgan fingerprint density at radius 1 is 1.18 bits per heavy atom. The number of likely N-dealkylation sites (N-methyl/N-ethyl adjacent to an activating group) is 1. The number of hydrogen-bond acceptors (Lipinski definition) is 2. The van der Waals surface area contributed by atoms with Crippen LogP contribution in [0.5, 0.6) is 0 Å². The molecule has 1 heterocycles. The molecule has 0 fully saturated rings. The highest BCUT2D eigenvalue weighted by Gasteiger charge is 2.43. The fourth-order valence-corrected chi connectivity index (χ4v) is 4.29. The van der Waals surface area contributed by atoms with Gasteiger partial charge in [0.25, 0.3) is 0 Å². The normalized spacial score (nSPS) is 17.6. The third-order valence-corrected chi connectivity index (χ3v) is 6.30. The van der Waals surface area contributed by atoms with Crippen LogP contribution in [0.4, 0.5) is 0 Å². The van der Waals surface area contributed by atoms with Crippen molar-refractivity contribution in [3.8, 4) is 0 Å². The molecule has 1 aliphatic rings. The molecule has 0 saturated carbocycles. The first-order chi connectivity index (χ1) is 15.6. The number of hydrogen-bond donors (Lipinski definition) is 1. The van der Waals surface area contributed by atoms with Gasteiger partial charge in [-0.3, -0.25) is 4.79 Å². The van der Waals surface area contributed by atoms with Crippen LogP contribution in [0.3, 0.4) is 0 Å². The van der Waals surface area contributed by atoms with E-state index in [4.69, 9.17) is 5.11 Å². The molecule has 182 valence electrons. The van der Waals surface area contributed by atoms with Crippen molar-refractivity contribution >= 4 is 11.7 Å². The summed E-state index contributed by atoms with van der Waals surface area (Å²) in [6.45, 7) is 21.0. The molecule has 0 saturated heterocycles. The zero-order chi connectivity index (χ0) is 25.0. The summed E-state index contributed by atoms with van der Waals surface area (Å²) >= 11 is 0. The van der Waals surface area contributed by atoms with E-state index in [9.17, 15) is 4.79 Å². The van der Waals surface area contributed by atoms with Crippen molar-refractivity contribution in [2.24, 2.45) is 5.41 Å². The molecular formula is C29H45N2O2+. The van der Waals surface area contributed by atoms with Gasteiger partial charge in [-0.2, -0.15) is 4.58 Å². The lowest BCUT2D eigenvalue weighted by atomic mass is 9.80. The first-order valence-corrected chi connectivity index (χ1v) is 12.3. The Hall–Kier alpha value is -2.46. The number of carboxylic acid groups (broad SMARTS) is 1. The summed E-state index contributed by atoms with van der Waals surface area (Å²) in [6.07, 6.45) is 18.7. The molecule has 1 atom stereocenters. The molecule has 33 heavy (non-hydrogen) atoms. The van der Waals surface area contributed by atoms with E-state index in [1.807, 2.05) is 12.2 Å². The molecule has 0 spiro atoms. The van der Waals surface area contributed by atoms with Crippen molar-refractivity contribution in [1.82, 2.24) is 4.90 Å². The predicted octanol–water partition coefficient (Wildman–Crippen LogP) is 6.54. The quantitative estimate of drug-likeness (QED) is 0.174. The molecule has 0 amide bonds. The Kier molecular flexibility index (Phi) is 12.1. The Balaban J connectivity index is 3.26. The van der Waals surface area contributed by atoms with Crippen LogP contribution in [0.2, 0.25) is 0 Å². The minimum Gasteiger partial charge on any atom is -0.481 e. The fraction of sp³-hybridized carbons (Fsp3) is 0.517. The fourth-order valence-electron chi connectivity index (χ4n) is 4.29. The highest BCUT2D eigenvalue weighted by atomic mass is 16.4. The topological polar surface area (TPSA) is 43.5 Å². The molecule has 4 nitrogen and oxygen atoms in total. The van der Waals surface area contributed by atoms with Crippen LogP contribution in [0.25, 0.3) is 0 Å². The monoisotopic (exact) mass is 453 g/mol.